The first-order valence-electron chi connectivity index (χ1n) is 15.1. The highest BCUT2D eigenvalue weighted by molar-refractivity contribution is 7.99. The molecule has 5 heterocycles. The van der Waals surface area contributed by atoms with Crippen molar-refractivity contribution in [3.63, 3.8) is 0 Å². The molecule has 0 unspecified atom stereocenters. The predicted octanol–water partition coefficient (Wildman–Crippen LogP) is 5.41. The smallest absolute Gasteiger partial charge is 0.349 e. The maximum Gasteiger partial charge on any atom is 0.355 e. The Morgan fingerprint density at radius 1 is 1.20 bits per heavy atom. The Kier molecular flexibility index (Phi) is 7.59. The molecule has 2 bridgehead atoms. The number of nitrogens with one attached hydrogen (secondary N) is 1. The van der Waals surface area contributed by atoms with E-state index in [2.05, 4.69) is 33.7 Å². The molecule has 10 nitrogen and oxygen atoms in total. The predicted molar refractivity (Wildman–Crippen MR) is 177 cm³/mol. The summed E-state index contributed by atoms with van der Waals surface area (Å²) in [5.41, 5.74) is 1.16. The zero-order valence-corrected chi connectivity index (χ0v) is 27.0. The van der Waals surface area contributed by atoms with Crippen LogP contribution in [0.4, 0.5) is 15.9 Å². The monoisotopic (exact) mass is 659 g/mol. The number of amides is 2. The van der Waals surface area contributed by atoms with Gasteiger partial charge in [-0.1, -0.05) is 45.0 Å². The van der Waals surface area contributed by atoms with E-state index >= 15 is 4.39 Å². The molecule has 0 radical (unpaired) electrons. The van der Waals surface area contributed by atoms with Gasteiger partial charge in [0.25, 0.3) is 0 Å². The first kappa shape index (κ1) is 30.4. The summed E-state index contributed by atoms with van der Waals surface area (Å²) < 4.78 is 17.1. The maximum atomic E-state index is 15.6. The van der Waals surface area contributed by atoms with E-state index in [1.165, 1.54) is 34.5 Å². The van der Waals surface area contributed by atoms with Gasteiger partial charge in [0.1, 0.15) is 11.6 Å². The second-order valence-corrected chi connectivity index (χ2v) is 13.6. The normalized spacial score (nSPS) is 20.7. The van der Waals surface area contributed by atoms with Crippen LogP contribution >= 0.6 is 23.4 Å². The fraction of sp³-hybridized carbons (Fsp3) is 0.333. The minimum absolute atomic E-state index is 0.0231. The number of benzene rings is 1. The average Bonchev–Trinajstić information content (AvgIpc) is 3.70. The second kappa shape index (κ2) is 11.5. The molecule has 2 fully saturated rings. The van der Waals surface area contributed by atoms with Gasteiger partial charge in [0, 0.05) is 42.3 Å². The maximum absolute atomic E-state index is 15.6. The van der Waals surface area contributed by atoms with Gasteiger partial charge in [-0.15, -0.1) is 11.8 Å². The van der Waals surface area contributed by atoms with Crippen molar-refractivity contribution in [2.75, 3.05) is 29.1 Å². The highest BCUT2D eigenvalue weighted by Crippen LogP contribution is 2.47. The van der Waals surface area contributed by atoms with Gasteiger partial charge < -0.3 is 15.1 Å². The summed E-state index contributed by atoms with van der Waals surface area (Å²) in [5.74, 6) is -0.196. The number of halogens is 2. The van der Waals surface area contributed by atoms with Gasteiger partial charge in [-0.05, 0) is 36.3 Å². The molecule has 1 aliphatic carbocycles. The number of anilines is 2. The highest BCUT2D eigenvalue weighted by atomic mass is 35.5. The molecule has 1 saturated carbocycles. The number of nitrogens with zero attached hydrogens (tertiary/aromatic N) is 6. The molecular weight excluding hydrogens is 629 g/mol. The van der Waals surface area contributed by atoms with E-state index in [4.69, 9.17) is 16.6 Å². The lowest BCUT2D eigenvalue weighted by Gasteiger charge is -2.35. The van der Waals surface area contributed by atoms with Crippen molar-refractivity contribution < 1.29 is 14.0 Å². The largest absolute Gasteiger partial charge is 0.355 e. The number of thioether (sulfide) groups is 1. The van der Waals surface area contributed by atoms with E-state index in [-0.39, 0.29) is 69.8 Å². The van der Waals surface area contributed by atoms with Crippen molar-refractivity contribution in [2.24, 2.45) is 5.92 Å². The Labute approximate surface area is 273 Å². The summed E-state index contributed by atoms with van der Waals surface area (Å²) in [4.78, 5) is 58.8. The van der Waals surface area contributed by atoms with Crippen LogP contribution in [0, 0.1) is 11.7 Å². The number of pyridine rings is 2. The van der Waals surface area contributed by atoms with E-state index in [0.29, 0.717) is 41.4 Å². The number of hydrogen-bond donors (Lipinski definition) is 1. The third-order valence-electron chi connectivity index (χ3n) is 8.92. The summed E-state index contributed by atoms with van der Waals surface area (Å²) in [6.45, 7) is 10.5. The van der Waals surface area contributed by atoms with Crippen LogP contribution in [-0.4, -0.2) is 67.2 Å². The molecule has 1 N–H and O–H groups in total. The van der Waals surface area contributed by atoms with Crippen molar-refractivity contribution in [1.29, 1.82) is 0 Å². The van der Waals surface area contributed by atoms with Gasteiger partial charge in [-0.3, -0.25) is 14.6 Å². The second-order valence-electron chi connectivity index (χ2n) is 12.0. The Morgan fingerprint density at radius 3 is 2.76 bits per heavy atom. The van der Waals surface area contributed by atoms with Crippen LogP contribution in [-0.2, 0) is 9.59 Å². The number of carbonyl (C=O) groups is 2. The number of hydrogen-bond acceptors (Lipinski definition) is 8. The lowest BCUT2D eigenvalue weighted by Crippen LogP contribution is -2.49. The SMILES string of the molecule is C=CC(=O)N1CCN(c2nc(=O)n3c4nc(c(Cl)cc24)-c2c(F)cccc2NC(=O)CCSc2ccnc(C(C)C)c2-3)[C@@H]2[C@H](C)[C@@H]21. The Bertz CT molecular complexity index is 2020. The van der Waals surface area contributed by atoms with Crippen LogP contribution in [0.5, 0.6) is 0 Å². The van der Waals surface area contributed by atoms with Crippen LogP contribution in [0.3, 0.4) is 0 Å². The number of piperazine rings is 1. The van der Waals surface area contributed by atoms with Crippen molar-refractivity contribution in [2.45, 2.75) is 50.1 Å². The van der Waals surface area contributed by atoms with E-state index in [0.717, 1.165) is 4.90 Å². The zero-order chi connectivity index (χ0) is 32.4. The summed E-state index contributed by atoms with van der Waals surface area (Å²) >= 11 is 8.35. The minimum Gasteiger partial charge on any atom is -0.349 e. The molecule has 236 valence electrons. The summed E-state index contributed by atoms with van der Waals surface area (Å²) in [6.07, 6.45) is 3.15. The quantitative estimate of drug-likeness (QED) is 0.291. The molecule has 2 amide bonds. The first-order valence-corrected chi connectivity index (χ1v) is 16.5. The first-order chi connectivity index (χ1) is 22.1. The Hall–Kier alpha value is -4.29. The van der Waals surface area contributed by atoms with Crippen molar-refractivity contribution in [3.8, 4) is 16.9 Å². The van der Waals surface area contributed by atoms with E-state index in [1.54, 1.807) is 18.3 Å². The lowest BCUT2D eigenvalue weighted by atomic mass is 10.1. The van der Waals surface area contributed by atoms with E-state index in [1.807, 2.05) is 24.8 Å². The third kappa shape index (κ3) is 4.85. The number of rotatable bonds is 3. The Balaban J connectivity index is 1.54. The van der Waals surface area contributed by atoms with E-state index in [9.17, 15) is 14.4 Å². The fourth-order valence-electron chi connectivity index (χ4n) is 6.74. The topological polar surface area (TPSA) is 113 Å². The molecule has 0 spiro atoms. The highest BCUT2D eigenvalue weighted by Gasteiger charge is 2.58. The molecule has 1 aromatic carbocycles. The molecule has 2 aliphatic heterocycles. The van der Waals surface area contributed by atoms with Gasteiger partial charge in [0.2, 0.25) is 11.8 Å². The van der Waals surface area contributed by atoms with Crippen LogP contribution in [0.15, 0.2) is 58.9 Å². The molecule has 46 heavy (non-hydrogen) atoms. The van der Waals surface area contributed by atoms with Crippen LogP contribution in [0.1, 0.15) is 38.8 Å². The van der Waals surface area contributed by atoms with E-state index < -0.39 is 11.5 Å². The standard InChI is InChI=1S/C33H31ClFN7O3S/c1-5-24(44)40-12-13-41(29-17(4)28(29)40)31-18-15-19(34)27-25-20(35)7-6-8-21(25)37-23(43)10-14-46-22-9-11-36-26(16(2)3)30(22)42(32(18)38-27)33(45)39-31/h5-9,11,15-17,28-29H,1,10,12-14H2,2-4H3,(H,37,43)/t17-,28+,29-/m1/s1. The molecule has 4 aromatic rings. The molecule has 13 heteroatoms. The zero-order valence-electron chi connectivity index (χ0n) is 25.5. The third-order valence-corrected chi connectivity index (χ3v) is 10.3. The summed E-state index contributed by atoms with van der Waals surface area (Å²) in [6, 6.07) is 7.74. The van der Waals surface area contributed by atoms with Gasteiger partial charge in [0.15, 0.2) is 5.65 Å². The molecule has 3 aromatic heterocycles. The molecule has 3 atom stereocenters. The summed E-state index contributed by atoms with van der Waals surface area (Å²) in [5, 5.41) is 3.46. The van der Waals surface area contributed by atoms with Gasteiger partial charge >= 0.3 is 5.69 Å². The van der Waals surface area contributed by atoms with Gasteiger partial charge in [-0.2, -0.15) is 4.98 Å². The molecule has 7 rings (SSSR count). The molecular formula is C33H31ClFN7O3S. The average molecular weight is 660 g/mol. The van der Waals surface area contributed by atoms with Crippen LogP contribution < -0.4 is 15.9 Å². The number of carbonyl (C=O) groups excluding carboxylic acids is 2. The van der Waals surface area contributed by atoms with Crippen molar-refractivity contribution in [1.82, 2.24) is 24.4 Å². The van der Waals surface area contributed by atoms with Crippen LogP contribution in [0.25, 0.3) is 28.0 Å². The summed E-state index contributed by atoms with van der Waals surface area (Å²) in [7, 11) is 0. The van der Waals surface area contributed by atoms with Gasteiger partial charge in [0.05, 0.1) is 50.8 Å². The molecule has 1 saturated heterocycles. The molecule has 3 aliphatic rings. The number of fused-ring (bicyclic) bond motifs is 6. The van der Waals surface area contributed by atoms with Crippen molar-refractivity contribution >= 4 is 57.7 Å². The van der Waals surface area contributed by atoms with Gasteiger partial charge in [-0.25, -0.2) is 18.7 Å². The lowest BCUT2D eigenvalue weighted by molar-refractivity contribution is -0.127. The Morgan fingerprint density at radius 2 is 2.00 bits per heavy atom. The minimum atomic E-state index is -0.624. The van der Waals surface area contributed by atoms with Crippen LogP contribution in [0.2, 0.25) is 5.02 Å². The fourth-order valence-corrected chi connectivity index (χ4v) is 7.99. The number of aromatic nitrogens is 4. The van der Waals surface area contributed by atoms with Crippen molar-refractivity contribution in [3.05, 3.63) is 76.2 Å².